The molecular formula is C18H19BrN2O2S. The average molecular weight is 407 g/mol. The summed E-state index contributed by atoms with van der Waals surface area (Å²) in [7, 11) is 0. The fraction of sp³-hybridized carbons (Fsp3) is 0.222. The molecule has 0 bridgehead atoms. The van der Waals surface area contributed by atoms with Gasteiger partial charge in [0.2, 0.25) is 0 Å². The molecule has 0 spiro atoms. The van der Waals surface area contributed by atoms with E-state index in [0.717, 1.165) is 28.8 Å². The molecule has 126 valence electrons. The Morgan fingerprint density at radius 1 is 1.17 bits per heavy atom. The number of hydrogen-bond acceptors (Lipinski definition) is 3. The van der Waals surface area contributed by atoms with E-state index in [4.69, 9.17) is 17.0 Å². The predicted molar refractivity (Wildman–Crippen MR) is 105 cm³/mol. The van der Waals surface area contributed by atoms with Gasteiger partial charge < -0.3 is 10.1 Å². The highest BCUT2D eigenvalue weighted by Crippen LogP contribution is 2.21. The molecule has 2 aromatic carbocycles. The number of carbonyl (C=O) groups excluding carboxylic acids is 1. The molecule has 0 aliphatic rings. The molecule has 0 fully saturated rings. The van der Waals surface area contributed by atoms with E-state index in [2.05, 4.69) is 33.5 Å². The summed E-state index contributed by atoms with van der Waals surface area (Å²) < 4.78 is 6.45. The minimum absolute atomic E-state index is 0.246. The van der Waals surface area contributed by atoms with Crippen LogP contribution in [0.2, 0.25) is 0 Å². The maximum atomic E-state index is 12.2. The SMILES string of the molecule is CCCCOc1ccc(C(=O)NC(=S)Nc2ccccc2Br)cc1. The predicted octanol–water partition coefficient (Wildman–Crippen LogP) is 4.75. The summed E-state index contributed by atoms with van der Waals surface area (Å²) in [6.45, 7) is 2.80. The number of unbranched alkanes of at least 4 members (excludes halogenated alkanes) is 1. The molecule has 0 aliphatic carbocycles. The van der Waals surface area contributed by atoms with E-state index in [9.17, 15) is 4.79 Å². The van der Waals surface area contributed by atoms with Crippen LogP contribution in [0.25, 0.3) is 0 Å². The van der Waals surface area contributed by atoms with Crippen molar-refractivity contribution in [3.8, 4) is 5.75 Å². The van der Waals surface area contributed by atoms with Crippen LogP contribution in [0.5, 0.6) is 5.75 Å². The molecule has 2 aromatic rings. The first kappa shape index (κ1) is 18.4. The van der Waals surface area contributed by atoms with Crippen molar-refractivity contribution in [3.63, 3.8) is 0 Å². The van der Waals surface area contributed by atoms with E-state index in [1.54, 1.807) is 24.3 Å². The summed E-state index contributed by atoms with van der Waals surface area (Å²) >= 11 is 8.60. The van der Waals surface area contributed by atoms with Crippen molar-refractivity contribution in [2.45, 2.75) is 19.8 Å². The van der Waals surface area contributed by atoms with Crippen molar-refractivity contribution in [1.82, 2.24) is 5.32 Å². The van der Waals surface area contributed by atoms with E-state index in [-0.39, 0.29) is 11.0 Å². The van der Waals surface area contributed by atoms with Crippen molar-refractivity contribution < 1.29 is 9.53 Å². The molecule has 0 atom stereocenters. The molecule has 0 aromatic heterocycles. The third-order valence-electron chi connectivity index (χ3n) is 3.23. The number of para-hydroxylation sites is 1. The van der Waals surface area contributed by atoms with Crippen LogP contribution in [0.3, 0.4) is 0 Å². The molecule has 1 amide bonds. The lowest BCUT2D eigenvalue weighted by molar-refractivity contribution is 0.0977. The normalized spacial score (nSPS) is 10.1. The number of anilines is 1. The summed E-state index contributed by atoms with van der Waals surface area (Å²) in [5, 5.41) is 5.89. The van der Waals surface area contributed by atoms with Gasteiger partial charge in [-0.1, -0.05) is 25.5 Å². The van der Waals surface area contributed by atoms with Crippen LogP contribution in [0, 0.1) is 0 Å². The highest BCUT2D eigenvalue weighted by atomic mass is 79.9. The Morgan fingerprint density at radius 3 is 2.54 bits per heavy atom. The summed E-state index contributed by atoms with van der Waals surface area (Å²) in [5.74, 6) is 0.494. The summed E-state index contributed by atoms with van der Waals surface area (Å²) in [6.07, 6.45) is 2.10. The first-order valence-electron chi connectivity index (χ1n) is 7.70. The van der Waals surface area contributed by atoms with Crippen molar-refractivity contribution in [1.29, 1.82) is 0 Å². The summed E-state index contributed by atoms with van der Waals surface area (Å²) in [4.78, 5) is 12.2. The number of carbonyl (C=O) groups is 1. The lowest BCUT2D eigenvalue weighted by atomic mass is 10.2. The van der Waals surface area contributed by atoms with E-state index < -0.39 is 0 Å². The lowest BCUT2D eigenvalue weighted by Gasteiger charge is -2.11. The Balaban J connectivity index is 1.89. The number of amides is 1. The number of thiocarbonyl (C=S) groups is 1. The second-order valence-corrected chi connectivity index (χ2v) is 6.38. The van der Waals surface area contributed by atoms with Crippen LogP contribution in [0.4, 0.5) is 5.69 Å². The number of halogens is 1. The number of rotatable bonds is 6. The van der Waals surface area contributed by atoms with Crippen molar-refractivity contribution in [2.24, 2.45) is 0 Å². The Hall–Kier alpha value is -1.92. The Kier molecular flexibility index (Phi) is 7.21. The zero-order chi connectivity index (χ0) is 17.4. The van der Waals surface area contributed by atoms with E-state index in [1.807, 2.05) is 24.3 Å². The lowest BCUT2D eigenvalue weighted by Crippen LogP contribution is -2.34. The molecule has 24 heavy (non-hydrogen) atoms. The maximum Gasteiger partial charge on any atom is 0.257 e. The van der Waals surface area contributed by atoms with Crippen LogP contribution in [0.15, 0.2) is 53.0 Å². The molecule has 4 nitrogen and oxygen atoms in total. The van der Waals surface area contributed by atoms with Gasteiger partial charge in [0.25, 0.3) is 5.91 Å². The van der Waals surface area contributed by atoms with Gasteiger partial charge in [-0.05, 0) is 71.0 Å². The number of benzene rings is 2. The zero-order valence-corrected chi connectivity index (χ0v) is 15.7. The van der Waals surface area contributed by atoms with Gasteiger partial charge in [0.15, 0.2) is 5.11 Å². The monoisotopic (exact) mass is 406 g/mol. The molecule has 0 radical (unpaired) electrons. The Morgan fingerprint density at radius 2 is 1.88 bits per heavy atom. The van der Waals surface area contributed by atoms with E-state index >= 15 is 0 Å². The molecule has 6 heteroatoms. The van der Waals surface area contributed by atoms with Gasteiger partial charge in [-0.15, -0.1) is 0 Å². The van der Waals surface area contributed by atoms with E-state index in [0.29, 0.717) is 12.2 Å². The zero-order valence-electron chi connectivity index (χ0n) is 13.3. The molecule has 0 heterocycles. The van der Waals surface area contributed by atoms with Gasteiger partial charge in [0.1, 0.15) is 5.75 Å². The highest BCUT2D eigenvalue weighted by molar-refractivity contribution is 9.10. The van der Waals surface area contributed by atoms with Crippen molar-refractivity contribution in [3.05, 3.63) is 58.6 Å². The second kappa shape index (κ2) is 9.39. The fourth-order valence-corrected chi connectivity index (χ4v) is 2.51. The van der Waals surface area contributed by atoms with Gasteiger partial charge in [-0.25, -0.2) is 0 Å². The van der Waals surface area contributed by atoms with Crippen LogP contribution in [-0.4, -0.2) is 17.6 Å². The first-order chi connectivity index (χ1) is 11.6. The van der Waals surface area contributed by atoms with Gasteiger partial charge >= 0.3 is 0 Å². The molecule has 2 N–H and O–H groups in total. The summed E-state index contributed by atoms with van der Waals surface area (Å²) in [5.41, 5.74) is 1.32. The van der Waals surface area contributed by atoms with Gasteiger partial charge in [-0.3, -0.25) is 10.1 Å². The Labute approximate surface area is 155 Å². The quantitative estimate of drug-likeness (QED) is 0.536. The number of ether oxygens (including phenoxy) is 1. The average Bonchev–Trinajstić information content (AvgIpc) is 2.58. The topological polar surface area (TPSA) is 50.4 Å². The van der Waals surface area contributed by atoms with Crippen LogP contribution in [-0.2, 0) is 0 Å². The minimum Gasteiger partial charge on any atom is -0.494 e. The number of nitrogens with one attached hydrogen (secondary N) is 2. The van der Waals surface area contributed by atoms with Crippen molar-refractivity contribution >= 4 is 44.9 Å². The molecule has 0 saturated heterocycles. The van der Waals surface area contributed by atoms with Crippen LogP contribution >= 0.6 is 28.1 Å². The standard InChI is InChI=1S/C18H19BrN2O2S/c1-2-3-12-23-14-10-8-13(9-11-14)17(22)21-18(24)20-16-7-5-4-6-15(16)19/h4-11H,2-3,12H2,1H3,(H2,20,21,22,24). The first-order valence-corrected chi connectivity index (χ1v) is 8.90. The van der Waals surface area contributed by atoms with Crippen LogP contribution < -0.4 is 15.4 Å². The summed E-state index contributed by atoms with van der Waals surface area (Å²) in [6, 6.07) is 14.6. The molecule has 0 saturated carbocycles. The Bertz CT molecular complexity index is 704. The number of hydrogen-bond donors (Lipinski definition) is 2. The fourth-order valence-electron chi connectivity index (χ4n) is 1.93. The molecule has 0 aliphatic heterocycles. The van der Waals surface area contributed by atoms with Crippen molar-refractivity contribution in [2.75, 3.05) is 11.9 Å². The third-order valence-corrected chi connectivity index (χ3v) is 4.13. The molecule has 2 rings (SSSR count). The smallest absolute Gasteiger partial charge is 0.257 e. The van der Waals surface area contributed by atoms with Gasteiger partial charge in [0, 0.05) is 10.0 Å². The highest BCUT2D eigenvalue weighted by Gasteiger charge is 2.09. The maximum absolute atomic E-state index is 12.2. The minimum atomic E-state index is -0.264. The van der Waals surface area contributed by atoms with Gasteiger partial charge in [0.05, 0.1) is 12.3 Å². The molecular weight excluding hydrogens is 388 g/mol. The third kappa shape index (κ3) is 5.62. The van der Waals surface area contributed by atoms with Crippen LogP contribution in [0.1, 0.15) is 30.1 Å². The largest absolute Gasteiger partial charge is 0.494 e. The molecule has 0 unspecified atom stereocenters. The second-order valence-electron chi connectivity index (χ2n) is 5.11. The van der Waals surface area contributed by atoms with E-state index in [1.165, 1.54) is 0 Å². The van der Waals surface area contributed by atoms with Gasteiger partial charge in [-0.2, -0.15) is 0 Å².